The summed E-state index contributed by atoms with van der Waals surface area (Å²) in [7, 11) is 0. The third-order valence-electron chi connectivity index (χ3n) is 1.92. The lowest BCUT2D eigenvalue weighted by Gasteiger charge is -1.95. The van der Waals surface area contributed by atoms with Crippen LogP contribution in [0.25, 0.3) is 0 Å². The number of hydrogen-bond acceptors (Lipinski definition) is 4. The normalized spacial score (nSPS) is 10.6. The molecular weight excluding hydrogens is 286 g/mol. The van der Waals surface area contributed by atoms with Crippen LogP contribution in [-0.4, -0.2) is 12.2 Å². The molecule has 0 N–H and O–H groups in total. The van der Waals surface area contributed by atoms with E-state index in [0.717, 1.165) is 0 Å². The molecule has 2 aromatic rings. The molecule has 17 heavy (non-hydrogen) atoms. The van der Waals surface area contributed by atoms with Crippen LogP contribution in [-0.2, 0) is 4.84 Å². The standard InChI is InChI=1S/C12H8BrNO3/c13-11-7-6-10(16-11)8-14-17-12(15)9-4-2-1-3-5-9/h1-8H/b14-8+. The van der Waals surface area contributed by atoms with E-state index in [1.54, 1.807) is 36.4 Å². The molecule has 0 saturated heterocycles. The fourth-order valence-corrected chi connectivity index (χ4v) is 1.47. The number of hydrogen-bond donors (Lipinski definition) is 0. The molecule has 0 unspecified atom stereocenters. The molecule has 86 valence electrons. The van der Waals surface area contributed by atoms with Gasteiger partial charge in [0.05, 0.1) is 5.56 Å². The van der Waals surface area contributed by atoms with Crippen LogP contribution in [0.2, 0.25) is 0 Å². The average Bonchev–Trinajstić information content (AvgIpc) is 2.76. The predicted octanol–water partition coefficient (Wildman–Crippen LogP) is 3.23. The Morgan fingerprint density at radius 3 is 2.65 bits per heavy atom. The Hall–Kier alpha value is -1.88. The Morgan fingerprint density at radius 2 is 2.00 bits per heavy atom. The predicted molar refractivity (Wildman–Crippen MR) is 65.9 cm³/mol. The molecule has 1 aromatic heterocycles. The van der Waals surface area contributed by atoms with Crippen molar-refractivity contribution in [3.8, 4) is 0 Å². The molecule has 5 heteroatoms. The van der Waals surface area contributed by atoms with Gasteiger partial charge in [0.1, 0.15) is 12.0 Å². The second kappa shape index (κ2) is 5.45. The van der Waals surface area contributed by atoms with E-state index in [1.165, 1.54) is 6.21 Å². The quantitative estimate of drug-likeness (QED) is 0.496. The van der Waals surface area contributed by atoms with Gasteiger partial charge < -0.3 is 9.25 Å². The number of oxime groups is 1. The lowest BCUT2D eigenvalue weighted by molar-refractivity contribution is 0.0519. The number of furan rings is 1. The van der Waals surface area contributed by atoms with E-state index in [2.05, 4.69) is 21.1 Å². The molecule has 1 aromatic carbocycles. The molecule has 0 spiro atoms. The SMILES string of the molecule is O=C(O/N=C/c1ccc(Br)o1)c1ccccc1. The Bertz CT molecular complexity index is 534. The van der Waals surface area contributed by atoms with Crippen LogP contribution < -0.4 is 0 Å². The summed E-state index contributed by atoms with van der Waals surface area (Å²) in [5, 5.41) is 3.54. The van der Waals surface area contributed by atoms with Crippen molar-refractivity contribution in [3.05, 3.63) is 58.5 Å². The van der Waals surface area contributed by atoms with Gasteiger partial charge in [-0.15, -0.1) is 0 Å². The molecular formula is C12H8BrNO3. The maximum absolute atomic E-state index is 11.5. The van der Waals surface area contributed by atoms with Gasteiger partial charge in [-0.3, -0.25) is 0 Å². The second-order valence-electron chi connectivity index (χ2n) is 3.12. The lowest BCUT2D eigenvalue weighted by Crippen LogP contribution is -2.00. The fraction of sp³-hybridized carbons (Fsp3) is 0. The summed E-state index contributed by atoms with van der Waals surface area (Å²) in [6, 6.07) is 12.1. The van der Waals surface area contributed by atoms with E-state index in [4.69, 9.17) is 9.25 Å². The maximum Gasteiger partial charge on any atom is 0.365 e. The number of carbonyl (C=O) groups excluding carboxylic acids is 1. The molecule has 0 saturated carbocycles. The van der Waals surface area contributed by atoms with E-state index in [-0.39, 0.29) is 0 Å². The number of benzene rings is 1. The average molecular weight is 294 g/mol. The van der Waals surface area contributed by atoms with Gasteiger partial charge in [-0.2, -0.15) is 0 Å². The van der Waals surface area contributed by atoms with E-state index in [9.17, 15) is 4.79 Å². The van der Waals surface area contributed by atoms with Crippen LogP contribution in [0, 0.1) is 0 Å². The van der Waals surface area contributed by atoms with Crippen molar-refractivity contribution in [2.24, 2.45) is 5.16 Å². The minimum atomic E-state index is -0.507. The fourth-order valence-electron chi connectivity index (χ4n) is 1.15. The molecule has 0 amide bonds. The van der Waals surface area contributed by atoms with Gasteiger partial charge in [-0.1, -0.05) is 23.4 Å². The molecule has 0 aliphatic rings. The number of nitrogens with zero attached hydrogens (tertiary/aromatic N) is 1. The van der Waals surface area contributed by atoms with Crippen LogP contribution in [0.5, 0.6) is 0 Å². The maximum atomic E-state index is 11.5. The highest BCUT2D eigenvalue weighted by atomic mass is 79.9. The molecule has 0 bridgehead atoms. The van der Waals surface area contributed by atoms with Crippen molar-refractivity contribution in [2.75, 3.05) is 0 Å². The van der Waals surface area contributed by atoms with E-state index < -0.39 is 5.97 Å². The lowest BCUT2D eigenvalue weighted by atomic mass is 10.2. The van der Waals surface area contributed by atoms with Gasteiger partial charge in [0.15, 0.2) is 4.67 Å². The largest absolute Gasteiger partial charge is 0.448 e. The van der Waals surface area contributed by atoms with Crippen LogP contribution in [0.15, 0.2) is 56.7 Å². The monoisotopic (exact) mass is 293 g/mol. The summed E-state index contributed by atoms with van der Waals surface area (Å²) in [4.78, 5) is 16.2. The van der Waals surface area contributed by atoms with E-state index in [0.29, 0.717) is 16.0 Å². The van der Waals surface area contributed by atoms with Gasteiger partial charge in [0.2, 0.25) is 0 Å². The molecule has 0 atom stereocenters. The molecule has 2 rings (SSSR count). The van der Waals surface area contributed by atoms with Crippen molar-refractivity contribution in [1.82, 2.24) is 0 Å². The number of rotatable bonds is 3. The van der Waals surface area contributed by atoms with Crippen molar-refractivity contribution in [1.29, 1.82) is 0 Å². The first kappa shape index (κ1) is 11.6. The van der Waals surface area contributed by atoms with Gasteiger partial charge >= 0.3 is 5.97 Å². The Labute approximate surface area is 106 Å². The van der Waals surface area contributed by atoms with Gasteiger partial charge in [0, 0.05) is 0 Å². The summed E-state index contributed by atoms with van der Waals surface area (Å²) in [6.07, 6.45) is 1.33. The van der Waals surface area contributed by atoms with Crippen LogP contribution >= 0.6 is 15.9 Å². The van der Waals surface area contributed by atoms with Gasteiger partial charge in [0.25, 0.3) is 0 Å². The Morgan fingerprint density at radius 1 is 1.24 bits per heavy atom. The highest BCUT2D eigenvalue weighted by Crippen LogP contribution is 2.12. The molecule has 0 aliphatic carbocycles. The summed E-state index contributed by atoms with van der Waals surface area (Å²) < 4.78 is 5.74. The smallest absolute Gasteiger partial charge is 0.365 e. The first-order valence-corrected chi connectivity index (χ1v) is 5.60. The topological polar surface area (TPSA) is 51.8 Å². The van der Waals surface area contributed by atoms with E-state index >= 15 is 0 Å². The molecule has 0 fully saturated rings. The van der Waals surface area contributed by atoms with Crippen molar-refractivity contribution < 1.29 is 14.0 Å². The third-order valence-corrected chi connectivity index (χ3v) is 2.35. The highest BCUT2D eigenvalue weighted by Gasteiger charge is 2.04. The van der Waals surface area contributed by atoms with Crippen molar-refractivity contribution in [3.63, 3.8) is 0 Å². The second-order valence-corrected chi connectivity index (χ2v) is 3.90. The number of carbonyl (C=O) groups is 1. The van der Waals surface area contributed by atoms with Crippen molar-refractivity contribution in [2.45, 2.75) is 0 Å². The highest BCUT2D eigenvalue weighted by molar-refractivity contribution is 9.10. The molecule has 0 aliphatic heterocycles. The van der Waals surface area contributed by atoms with E-state index in [1.807, 2.05) is 6.07 Å². The molecule has 1 heterocycles. The first-order chi connectivity index (χ1) is 8.25. The summed E-state index contributed by atoms with van der Waals surface area (Å²) in [5.74, 6) is -0.00907. The van der Waals surface area contributed by atoms with Crippen LogP contribution in [0.3, 0.4) is 0 Å². The zero-order chi connectivity index (χ0) is 12.1. The zero-order valence-corrected chi connectivity index (χ0v) is 10.3. The summed E-state index contributed by atoms with van der Waals surface area (Å²) in [5.41, 5.74) is 0.449. The minimum absolute atomic E-state index is 0.449. The van der Waals surface area contributed by atoms with Gasteiger partial charge in [-0.05, 0) is 40.2 Å². The third kappa shape index (κ3) is 3.29. The van der Waals surface area contributed by atoms with Crippen LogP contribution in [0.4, 0.5) is 0 Å². The van der Waals surface area contributed by atoms with Gasteiger partial charge in [-0.25, -0.2) is 4.79 Å². The number of halogens is 1. The van der Waals surface area contributed by atoms with Crippen molar-refractivity contribution >= 4 is 28.1 Å². The Kier molecular flexibility index (Phi) is 3.72. The summed E-state index contributed by atoms with van der Waals surface area (Å²) >= 11 is 3.15. The Balaban J connectivity index is 1.95. The summed E-state index contributed by atoms with van der Waals surface area (Å²) in [6.45, 7) is 0. The molecule has 0 radical (unpaired) electrons. The van der Waals surface area contributed by atoms with Crippen LogP contribution in [0.1, 0.15) is 16.1 Å². The minimum Gasteiger partial charge on any atom is -0.448 e. The molecule has 4 nitrogen and oxygen atoms in total. The first-order valence-electron chi connectivity index (χ1n) is 4.81. The zero-order valence-electron chi connectivity index (χ0n) is 8.67.